The highest BCUT2D eigenvalue weighted by Gasteiger charge is 2.50. The van der Waals surface area contributed by atoms with E-state index in [4.69, 9.17) is 0 Å². The summed E-state index contributed by atoms with van der Waals surface area (Å²) in [5.74, 6) is -0.515. The Bertz CT molecular complexity index is 471. The van der Waals surface area contributed by atoms with Crippen molar-refractivity contribution in [2.75, 3.05) is 25.5 Å². The normalized spacial score (nSPS) is 17.8. The van der Waals surface area contributed by atoms with Crippen LogP contribution in [-0.4, -0.2) is 37.3 Å². The molecule has 0 aromatic heterocycles. The van der Waals surface area contributed by atoms with E-state index in [1.807, 2.05) is 37.1 Å². The highest BCUT2D eigenvalue weighted by Crippen LogP contribution is 2.40. The van der Waals surface area contributed by atoms with Gasteiger partial charge in [0.1, 0.15) is 5.54 Å². The summed E-state index contributed by atoms with van der Waals surface area (Å²) in [5, 5.41) is 12.6. The lowest BCUT2D eigenvalue weighted by Gasteiger charge is -2.34. The number of rotatable bonds is 6. The van der Waals surface area contributed by atoms with Crippen molar-refractivity contribution < 1.29 is 9.90 Å². The van der Waals surface area contributed by atoms with Gasteiger partial charge in [-0.25, -0.2) is 0 Å². The number of likely N-dealkylation sites (N-methyl/N-ethyl adjacent to an activating group) is 2. The van der Waals surface area contributed by atoms with Crippen LogP contribution in [0, 0.1) is 12.8 Å². The van der Waals surface area contributed by atoms with Crippen molar-refractivity contribution in [3.8, 4) is 0 Å². The first kappa shape index (κ1) is 13.9. The van der Waals surface area contributed by atoms with Gasteiger partial charge in [-0.3, -0.25) is 4.79 Å². The van der Waals surface area contributed by atoms with Gasteiger partial charge in [0.15, 0.2) is 0 Å². The average molecular weight is 262 g/mol. The number of hydrogen-bond donors (Lipinski definition) is 2. The van der Waals surface area contributed by atoms with E-state index in [0.717, 1.165) is 18.5 Å². The van der Waals surface area contributed by atoms with Crippen LogP contribution in [0.3, 0.4) is 0 Å². The Hall–Kier alpha value is -1.55. The van der Waals surface area contributed by atoms with E-state index in [1.54, 1.807) is 7.05 Å². The zero-order valence-corrected chi connectivity index (χ0v) is 11.8. The lowest BCUT2D eigenvalue weighted by molar-refractivity contribution is -0.145. The van der Waals surface area contributed by atoms with Gasteiger partial charge < -0.3 is 15.3 Å². The minimum atomic E-state index is -0.835. The van der Waals surface area contributed by atoms with Gasteiger partial charge in [-0.05, 0) is 50.4 Å². The van der Waals surface area contributed by atoms with Gasteiger partial charge in [-0.1, -0.05) is 12.1 Å². The monoisotopic (exact) mass is 262 g/mol. The van der Waals surface area contributed by atoms with Crippen LogP contribution in [0.25, 0.3) is 0 Å². The highest BCUT2D eigenvalue weighted by molar-refractivity contribution is 5.81. The number of hydrogen-bond acceptors (Lipinski definition) is 3. The van der Waals surface area contributed by atoms with Crippen molar-refractivity contribution in [2.45, 2.75) is 25.3 Å². The summed E-state index contributed by atoms with van der Waals surface area (Å²) < 4.78 is 0. The molecule has 19 heavy (non-hydrogen) atoms. The fourth-order valence-electron chi connectivity index (χ4n) is 2.67. The Kier molecular flexibility index (Phi) is 3.80. The van der Waals surface area contributed by atoms with Crippen LogP contribution in [0.2, 0.25) is 0 Å². The van der Waals surface area contributed by atoms with E-state index in [1.165, 1.54) is 5.56 Å². The Morgan fingerprint density at radius 3 is 2.68 bits per heavy atom. The maximum absolute atomic E-state index is 11.7. The molecule has 1 aliphatic carbocycles. The Morgan fingerprint density at radius 1 is 1.53 bits per heavy atom. The lowest BCUT2D eigenvalue weighted by Crippen LogP contribution is -2.59. The number of carbonyl (C=O) groups is 1. The van der Waals surface area contributed by atoms with Crippen LogP contribution >= 0.6 is 0 Å². The third-order valence-electron chi connectivity index (χ3n) is 4.03. The average Bonchev–Trinajstić information content (AvgIpc) is 3.20. The van der Waals surface area contributed by atoms with E-state index in [2.05, 4.69) is 11.4 Å². The molecule has 2 N–H and O–H groups in total. The Balaban J connectivity index is 2.19. The molecule has 0 heterocycles. The van der Waals surface area contributed by atoms with E-state index in [0.29, 0.717) is 6.54 Å². The van der Waals surface area contributed by atoms with E-state index < -0.39 is 11.5 Å². The van der Waals surface area contributed by atoms with Crippen molar-refractivity contribution in [1.82, 2.24) is 5.32 Å². The number of nitrogens with zero attached hydrogens (tertiary/aromatic N) is 1. The van der Waals surface area contributed by atoms with Gasteiger partial charge in [-0.15, -0.1) is 0 Å². The zero-order chi connectivity index (χ0) is 14.0. The van der Waals surface area contributed by atoms with Crippen molar-refractivity contribution in [3.63, 3.8) is 0 Å². The first-order chi connectivity index (χ1) is 8.99. The molecule has 0 amide bonds. The quantitative estimate of drug-likeness (QED) is 0.822. The summed E-state index contributed by atoms with van der Waals surface area (Å²) in [4.78, 5) is 13.7. The zero-order valence-electron chi connectivity index (χ0n) is 11.8. The smallest absolute Gasteiger partial charge is 0.326 e. The summed E-state index contributed by atoms with van der Waals surface area (Å²) >= 11 is 0. The summed E-state index contributed by atoms with van der Waals surface area (Å²) in [6.45, 7) is 2.52. The fourth-order valence-corrected chi connectivity index (χ4v) is 2.67. The summed E-state index contributed by atoms with van der Waals surface area (Å²) in [6, 6.07) is 8.14. The number of nitrogens with one attached hydrogen (secondary N) is 1. The molecule has 4 heteroatoms. The summed E-state index contributed by atoms with van der Waals surface area (Å²) in [7, 11) is 3.70. The SMILES string of the molecule is CNC(CN(C)c1cccc(C)c1)(C(=O)O)C1CC1. The Morgan fingerprint density at radius 2 is 2.21 bits per heavy atom. The number of aliphatic carboxylic acids is 1. The van der Waals surface area contributed by atoms with Gasteiger partial charge in [0.05, 0.1) is 0 Å². The molecule has 0 radical (unpaired) electrons. The van der Waals surface area contributed by atoms with Crippen LogP contribution in [0.1, 0.15) is 18.4 Å². The second-order valence-corrected chi connectivity index (χ2v) is 5.50. The van der Waals surface area contributed by atoms with Gasteiger partial charge in [0, 0.05) is 19.3 Å². The van der Waals surface area contributed by atoms with Crippen molar-refractivity contribution in [3.05, 3.63) is 29.8 Å². The molecule has 0 aliphatic heterocycles. The first-order valence-corrected chi connectivity index (χ1v) is 6.69. The number of aryl methyl sites for hydroxylation is 1. The second kappa shape index (κ2) is 5.21. The third kappa shape index (κ3) is 2.73. The molecule has 0 spiro atoms. The van der Waals surface area contributed by atoms with Gasteiger partial charge in [0.25, 0.3) is 0 Å². The maximum atomic E-state index is 11.7. The van der Waals surface area contributed by atoms with Crippen LogP contribution in [0.4, 0.5) is 5.69 Å². The molecular formula is C15H22N2O2. The molecule has 0 bridgehead atoms. The molecule has 0 saturated heterocycles. The van der Waals surface area contributed by atoms with Crippen LogP contribution < -0.4 is 10.2 Å². The van der Waals surface area contributed by atoms with E-state index >= 15 is 0 Å². The van der Waals surface area contributed by atoms with Crippen LogP contribution in [-0.2, 0) is 4.79 Å². The minimum absolute atomic E-state index is 0.238. The molecule has 1 aliphatic rings. The number of carboxylic acids is 1. The minimum Gasteiger partial charge on any atom is -0.480 e. The van der Waals surface area contributed by atoms with Crippen molar-refractivity contribution in [2.24, 2.45) is 5.92 Å². The molecule has 104 valence electrons. The molecule has 1 aromatic rings. The predicted molar refractivity (Wildman–Crippen MR) is 76.6 cm³/mol. The molecular weight excluding hydrogens is 240 g/mol. The van der Waals surface area contributed by atoms with Gasteiger partial charge in [0.2, 0.25) is 0 Å². The van der Waals surface area contributed by atoms with E-state index in [9.17, 15) is 9.90 Å². The Labute approximate surface area is 114 Å². The number of anilines is 1. The molecule has 4 nitrogen and oxygen atoms in total. The van der Waals surface area contributed by atoms with Gasteiger partial charge in [-0.2, -0.15) is 0 Å². The standard InChI is InChI=1S/C15H22N2O2/c1-11-5-4-6-13(9-11)17(3)10-15(16-2,14(18)19)12-7-8-12/h4-6,9,12,16H,7-8,10H2,1-3H3,(H,18,19). The number of benzene rings is 1. The molecule has 2 rings (SSSR count). The van der Waals surface area contributed by atoms with Crippen molar-refractivity contribution >= 4 is 11.7 Å². The number of carboxylic acid groups (broad SMARTS) is 1. The fraction of sp³-hybridized carbons (Fsp3) is 0.533. The van der Waals surface area contributed by atoms with Crippen LogP contribution in [0.15, 0.2) is 24.3 Å². The van der Waals surface area contributed by atoms with Gasteiger partial charge >= 0.3 is 5.97 Å². The van der Waals surface area contributed by atoms with E-state index in [-0.39, 0.29) is 5.92 Å². The summed E-state index contributed by atoms with van der Waals surface area (Å²) in [6.07, 6.45) is 1.99. The highest BCUT2D eigenvalue weighted by atomic mass is 16.4. The first-order valence-electron chi connectivity index (χ1n) is 6.69. The third-order valence-corrected chi connectivity index (χ3v) is 4.03. The van der Waals surface area contributed by atoms with Crippen LogP contribution in [0.5, 0.6) is 0 Å². The van der Waals surface area contributed by atoms with Crippen molar-refractivity contribution in [1.29, 1.82) is 0 Å². The molecule has 1 unspecified atom stereocenters. The predicted octanol–water partition coefficient (Wildman–Crippen LogP) is 1.88. The maximum Gasteiger partial charge on any atom is 0.326 e. The lowest BCUT2D eigenvalue weighted by atomic mass is 9.92. The largest absolute Gasteiger partial charge is 0.480 e. The molecule has 1 saturated carbocycles. The topological polar surface area (TPSA) is 52.6 Å². The molecule has 1 atom stereocenters. The second-order valence-electron chi connectivity index (χ2n) is 5.50. The molecule has 1 aromatic carbocycles. The summed E-state index contributed by atoms with van der Waals surface area (Å²) in [5.41, 5.74) is 1.40. The molecule has 1 fully saturated rings.